The zero-order valence-corrected chi connectivity index (χ0v) is 19.5. The predicted octanol–water partition coefficient (Wildman–Crippen LogP) is 7.49. The van der Waals surface area contributed by atoms with E-state index < -0.39 is 0 Å². The molecule has 30 heavy (non-hydrogen) atoms. The van der Waals surface area contributed by atoms with Gasteiger partial charge in [0.15, 0.2) is 0 Å². The second-order valence-corrected chi connectivity index (χ2v) is 10.0. The molecule has 0 N–H and O–H groups in total. The predicted molar refractivity (Wildman–Crippen MR) is 128 cm³/mol. The first-order chi connectivity index (χ1) is 14.5. The van der Waals surface area contributed by atoms with Crippen molar-refractivity contribution in [1.29, 1.82) is 0 Å². The Morgan fingerprint density at radius 1 is 0.900 bits per heavy atom. The van der Waals surface area contributed by atoms with Crippen LogP contribution < -0.4 is 0 Å². The lowest BCUT2D eigenvalue weighted by atomic mass is 10.2. The van der Waals surface area contributed by atoms with Crippen molar-refractivity contribution in [3.63, 3.8) is 0 Å². The maximum atomic E-state index is 12.7. The molecule has 0 aliphatic carbocycles. The van der Waals surface area contributed by atoms with Gasteiger partial charge in [0.05, 0.1) is 11.4 Å². The maximum Gasteiger partial charge on any atom is 0.293 e. The van der Waals surface area contributed by atoms with Crippen LogP contribution in [-0.2, 0) is 11.3 Å². The van der Waals surface area contributed by atoms with Crippen LogP contribution in [0.2, 0.25) is 5.02 Å². The van der Waals surface area contributed by atoms with E-state index in [-0.39, 0.29) is 17.7 Å². The summed E-state index contributed by atoms with van der Waals surface area (Å²) in [5.41, 5.74) is 1.79. The fourth-order valence-electron chi connectivity index (χ4n) is 2.83. The number of carbonyl (C=O) groups excluding carboxylic acids is 2. The van der Waals surface area contributed by atoms with Gasteiger partial charge in [-0.2, -0.15) is 0 Å². The lowest BCUT2D eigenvalue weighted by Crippen LogP contribution is -2.27. The molecule has 0 spiro atoms. The van der Waals surface area contributed by atoms with Gasteiger partial charge in [-0.3, -0.25) is 14.5 Å². The largest absolute Gasteiger partial charge is 0.293 e. The van der Waals surface area contributed by atoms with E-state index in [0.29, 0.717) is 9.93 Å². The zero-order chi connectivity index (χ0) is 21.1. The van der Waals surface area contributed by atoms with Crippen LogP contribution in [0.25, 0.3) is 6.08 Å². The highest BCUT2D eigenvalue weighted by Crippen LogP contribution is 2.34. The standard InChI is InChI=1S/C23H15BrClNO2S2/c24-17-5-1-16(2-6-17)14-26-22(27)21(30-23(26)28)13-15-3-9-19(10-4-15)29-20-11-7-18(25)8-12-20/h1-13H,14H2/b21-13-. The first-order valence-electron chi connectivity index (χ1n) is 9.01. The minimum Gasteiger partial charge on any atom is -0.268 e. The molecule has 2 amide bonds. The van der Waals surface area contributed by atoms with Crippen LogP contribution in [0.1, 0.15) is 11.1 Å². The van der Waals surface area contributed by atoms with E-state index in [1.165, 1.54) is 4.90 Å². The lowest BCUT2D eigenvalue weighted by Gasteiger charge is -2.12. The third-order valence-corrected chi connectivity index (χ3v) is 7.06. The molecule has 0 atom stereocenters. The lowest BCUT2D eigenvalue weighted by molar-refractivity contribution is -0.123. The number of halogens is 2. The van der Waals surface area contributed by atoms with Crippen molar-refractivity contribution in [3.8, 4) is 0 Å². The average molecular weight is 517 g/mol. The van der Waals surface area contributed by atoms with Gasteiger partial charge >= 0.3 is 0 Å². The van der Waals surface area contributed by atoms with Crippen molar-refractivity contribution in [2.24, 2.45) is 0 Å². The molecular weight excluding hydrogens is 502 g/mol. The van der Waals surface area contributed by atoms with E-state index in [0.717, 1.165) is 37.2 Å². The van der Waals surface area contributed by atoms with Crippen molar-refractivity contribution in [1.82, 2.24) is 4.90 Å². The Morgan fingerprint density at radius 3 is 2.13 bits per heavy atom. The van der Waals surface area contributed by atoms with Crippen LogP contribution in [0.4, 0.5) is 4.79 Å². The Kier molecular flexibility index (Phi) is 6.68. The number of hydrogen-bond acceptors (Lipinski definition) is 4. The third-order valence-electron chi connectivity index (χ3n) is 4.35. The summed E-state index contributed by atoms with van der Waals surface area (Å²) in [5.74, 6) is -0.257. The third kappa shape index (κ3) is 5.19. The average Bonchev–Trinajstić information content (AvgIpc) is 3.00. The fraction of sp³-hybridized carbons (Fsp3) is 0.0435. The van der Waals surface area contributed by atoms with Gasteiger partial charge in [0.1, 0.15) is 0 Å². The first kappa shape index (κ1) is 21.2. The number of hydrogen-bond donors (Lipinski definition) is 0. The maximum absolute atomic E-state index is 12.7. The van der Waals surface area contributed by atoms with Crippen molar-refractivity contribution in [3.05, 3.63) is 98.3 Å². The van der Waals surface area contributed by atoms with Crippen molar-refractivity contribution in [2.45, 2.75) is 16.3 Å². The molecule has 0 radical (unpaired) electrons. The van der Waals surface area contributed by atoms with Gasteiger partial charge in [0.25, 0.3) is 11.1 Å². The van der Waals surface area contributed by atoms with Gasteiger partial charge in [-0.25, -0.2) is 0 Å². The zero-order valence-electron chi connectivity index (χ0n) is 15.5. The number of rotatable bonds is 5. The van der Waals surface area contributed by atoms with E-state index in [1.54, 1.807) is 17.8 Å². The smallest absolute Gasteiger partial charge is 0.268 e. The van der Waals surface area contributed by atoms with Crippen LogP contribution in [0.3, 0.4) is 0 Å². The molecule has 1 saturated heterocycles. The summed E-state index contributed by atoms with van der Waals surface area (Å²) in [7, 11) is 0. The second-order valence-electron chi connectivity index (χ2n) is 6.52. The number of benzene rings is 3. The van der Waals surface area contributed by atoms with E-state index in [4.69, 9.17) is 11.6 Å². The SMILES string of the molecule is O=C1S/C(=C\c2ccc(Sc3ccc(Cl)cc3)cc2)C(=O)N1Cc1ccc(Br)cc1. The molecule has 1 fully saturated rings. The van der Waals surface area contributed by atoms with Gasteiger partial charge in [-0.15, -0.1) is 0 Å². The van der Waals surface area contributed by atoms with E-state index in [9.17, 15) is 9.59 Å². The first-order valence-corrected chi connectivity index (χ1v) is 11.8. The minimum absolute atomic E-state index is 0.246. The molecule has 7 heteroatoms. The molecule has 0 aromatic heterocycles. The topological polar surface area (TPSA) is 37.4 Å². The Morgan fingerprint density at radius 2 is 1.50 bits per heavy atom. The quantitative estimate of drug-likeness (QED) is 0.329. The molecule has 0 bridgehead atoms. The number of thioether (sulfide) groups is 1. The monoisotopic (exact) mass is 515 g/mol. The molecule has 3 aromatic rings. The van der Waals surface area contributed by atoms with Crippen LogP contribution >= 0.6 is 51.1 Å². The van der Waals surface area contributed by atoms with Crippen molar-refractivity contribution >= 4 is 68.3 Å². The molecule has 1 aliphatic heterocycles. The molecule has 0 saturated carbocycles. The fourth-order valence-corrected chi connectivity index (χ4v) is 4.88. The molecule has 1 aliphatic rings. The molecule has 3 aromatic carbocycles. The van der Waals surface area contributed by atoms with Gasteiger partial charge in [0.2, 0.25) is 0 Å². The summed E-state index contributed by atoms with van der Waals surface area (Å²) in [4.78, 5) is 29.0. The molecule has 0 unspecified atom stereocenters. The highest BCUT2D eigenvalue weighted by molar-refractivity contribution is 9.10. The highest BCUT2D eigenvalue weighted by atomic mass is 79.9. The number of nitrogens with zero attached hydrogens (tertiary/aromatic N) is 1. The summed E-state index contributed by atoms with van der Waals surface area (Å²) < 4.78 is 0.956. The van der Waals surface area contributed by atoms with Crippen molar-refractivity contribution in [2.75, 3.05) is 0 Å². The van der Waals surface area contributed by atoms with Crippen LogP contribution in [0, 0.1) is 0 Å². The van der Waals surface area contributed by atoms with E-state index >= 15 is 0 Å². The van der Waals surface area contributed by atoms with Gasteiger partial charge in [-0.05, 0) is 77.5 Å². The normalized spacial score (nSPS) is 15.3. The Bertz CT molecular complexity index is 1110. The molecule has 4 rings (SSSR count). The summed E-state index contributed by atoms with van der Waals surface area (Å²) >= 11 is 11.9. The van der Waals surface area contributed by atoms with Crippen molar-refractivity contribution < 1.29 is 9.59 Å². The molecular formula is C23H15BrClNO2S2. The highest BCUT2D eigenvalue weighted by Gasteiger charge is 2.34. The second kappa shape index (κ2) is 9.43. The van der Waals surface area contributed by atoms with Gasteiger partial charge in [-0.1, -0.05) is 63.6 Å². The number of imide groups is 1. The Labute approximate surface area is 196 Å². The van der Waals surface area contributed by atoms with Gasteiger partial charge in [0, 0.05) is 19.3 Å². The van der Waals surface area contributed by atoms with Crippen LogP contribution in [0.15, 0.2) is 92.0 Å². The Hall–Kier alpha value is -1.99. The molecule has 1 heterocycles. The summed E-state index contributed by atoms with van der Waals surface area (Å²) in [6.45, 7) is 0.270. The van der Waals surface area contributed by atoms with E-state index in [2.05, 4.69) is 15.9 Å². The molecule has 3 nitrogen and oxygen atoms in total. The van der Waals surface area contributed by atoms with Crippen LogP contribution in [-0.4, -0.2) is 16.0 Å². The van der Waals surface area contributed by atoms with E-state index in [1.807, 2.05) is 72.8 Å². The van der Waals surface area contributed by atoms with Gasteiger partial charge < -0.3 is 0 Å². The number of carbonyl (C=O) groups is 2. The summed E-state index contributed by atoms with van der Waals surface area (Å²) in [5, 5.41) is 0.466. The van der Waals surface area contributed by atoms with Crippen LogP contribution in [0.5, 0.6) is 0 Å². The number of amides is 2. The summed E-state index contributed by atoms with van der Waals surface area (Å²) in [6, 6.07) is 23.1. The molecule has 150 valence electrons. The Balaban J connectivity index is 1.45. The minimum atomic E-state index is -0.257. The summed E-state index contributed by atoms with van der Waals surface area (Å²) in [6.07, 6.45) is 1.77.